The van der Waals surface area contributed by atoms with Gasteiger partial charge >= 0.3 is 0 Å². The van der Waals surface area contributed by atoms with Crippen molar-refractivity contribution in [2.75, 3.05) is 13.1 Å². The number of aromatic nitrogens is 2. The number of aryl methyl sites for hydroxylation is 1. The summed E-state index contributed by atoms with van der Waals surface area (Å²) >= 11 is 1.66. The molecular formula is C14H17N3O2S. The molecule has 0 aliphatic carbocycles. The number of thiazole rings is 1. The molecule has 1 aliphatic heterocycles. The molecule has 6 heteroatoms. The predicted octanol–water partition coefficient (Wildman–Crippen LogP) is 2.71. The maximum atomic E-state index is 12.4. The minimum Gasteiger partial charge on any atom is -0.361 e. The molecule has 0 saturated carbocycles. The SMILES string of the molecule is CCc1cc(C(=O)N2CCCC(c3nccs3)C2)no1. The van der Waals surface area contributed by atoms with E-state index in [1.165, 1.54) is 0 Å². The Morgan fingerprint density at radius 3 is 3.20 bits per heavy atom. The summed E-state index contributed by atoms with van der Waals surface area (Å²) in [7, 11) is 0. The second-order valence-corrected chi connectivity index (χ2v) is 5.92. The summed E-state index contributed by atoms with van der Waals surface area (Å²) in [5, 5.41) is 6.98. The fourth-order valence-electron chi connectivity index (χ4n) is 2.54. The number of amides is 1. The van der Waals surface area contributed by atoms with Crippen LogP contribution >= 0.6 is 11.3 Å². The molecule has 0 aromatic carbocycles. The monoisotopic (exact) mass is 291 g/mol. The van der Waals surface area contributed by atoms with Crippen LogP contribution in [-0.4, -0.2) is 34.0 Å². The summed E-state index contributed by atoms with van der Waals surface area (Å²) < 4.78 is 5.12. The van der Waals surface area contributed by atoms with Gasteiger partial charge in [0.05, 0.1) is 5.01 Å². The van der Waals surface area contributed by atoms with Crippen LogP contribution in [0.15, 0.2) is 22.2 Å². The van der Waals surface area contributed by atoms with Crippen molar-refractivity contribution < 1.29 is 9.32 Å². The Morgan fingerprint density at radius 1 is 1.60 bits per heavy atom. The van der Waals surface area contributed by atoms with E-state index in [0.717, 1.165) is 43.1 Å². The summed E-state index contributed by atoms with van der Waals surface area (Å²) in [5.41, 5.74) is 0.418. The summed E-state index contributed by atoms with van der Waals surface area (Å²) in [4.78, 5) is 18.7. The van der Waals surface area contributed by atoms with Crippen LogP contribution in [0.5, 0.6) is 0 Å². The number of carbonyl (C=O) groups is 1. The third-order valence-electron chi connectivity index (χ3n) is 3.64. The first-order chi connectivity index (χ1) is 9.78. The zero-order chi connectivity index (χ0) is 13.9. The van der Waals surface area contributed by atoms with Gasteiger partial charge < -0.3 is 9.42 Å². The number of hydrogen-bond acceptors (Lipinski definition) is 5. The Balaban J connectivity index is 1.71. The van der Waals surface area contributed by atoms with E-state index in [4.69, 9.17) is 4.52 Å². The van der Waals surface area contributed by atoms with Gasteiger partial charge in [0.15, 0.2) is 5.69 Å². The lowest BCUT2D eigenvalue weighted by molar-refractivity contribution is 0.0696. The van der Waals surface area contributed by atoms with Gasteiger partial charge in [-0.15, -0.1) is 11.3 Å². The molecule has 0 N–H and O–H groups in total. The van der Waals surface area contributed by atoms with Crippen LogP contribution in [-0.2, 0) is 6.42 Å². The molecule has 1 unspecified atom stereocenters. The maximum absolute atomic E-state index is 12.4. The van der Waals surface area contributed by atoms with Gasteiger partial charge in [-0.05, 0) is 12.8 Å². The number of likely N-dealkylation sites (tertiary alicyclic amines) is 1. The van der Waals surface area contributed by atoms with Crippen molar-refractivity contribution in [1.29, 1.82) is 0 Å². The molecule has 1 fully saturated rings. The van der Waals surface area contributed by atoms with Crippen LogP contribution in [0.1, 0.15) is 46.9 Å². The summed E-state index contributed by atoms with van der Waals surface area (Å²) in [6.45, 7) is 3.49. The maximum Gasteiger partial charge on any atom is 0.276 e. The Morgan fingerprint density at radius 2 is 2.50 bits per heavy atom. The lowest BCUT2D eigenvalue weighted by Crippen LogP contribution is -2.39. The van der Waals surface area contributed by atoms with E-state index in [1.54, 1.807) is 17.4 Å². The minimum absolute atomic E-state index is 0.0327. The minimum atomic E-state index is -0.0327. The first-order valence-corrected chi connectivity index (χ1v) is 7.80. The van der Waals surface area contributed by atoms with Gasteiger partial charge in [0, 0.05) is 43.1 Å². The summed E-state index contributed by atoms with van der Waals surface area (Å²) in [5.74, 6) is 1.07. The topological polar surface area (TPSA) is 59.2 Å². The highest BCUT2D eigenvalue weighted by atomic mass is 32.1. The third kappa shape index (κ3) is 2.60. The quantitative estimate of drug-likeness (QED) is 0.872. The fourth-order valence-corrected chi connectivity index (χ4v) is 3.31. The number of nitrogens with zero attached hydrogens (tertiary/aromatic N) is 3. The molecule has 0 spiro atoms. The molecule has 3 rings (SSSR count). The Labute approximate surface area is 121 Å². The van der Waals surface area contributed by atoms with E-state index in [9.17, 15) is 4.79 Å². The first-order valence-electron chi connectivity index (χ1n) is 6.92. The normalized spacial score (nSPS) is 19.2. The number of carbonyl (C=O) groups excluding carboxylic acids is 1. The van der Waals surface area contributed by atoms with Gasteiger partial charge in [0.25, 0.3) is 5.91 Å². The molecule has 3 heterocycles. The average Bonchev–Trinajstić information content (AvgIpc) is 3.17. The third-order valence-corrected chi connectivity index (χ3v) is 4.57. The second-order valence-electron chi connectivity index (χ2n) is 4.99. The van der Waals surface area contributed by atoms with Gasteiger partial charge in [0.1, 0.15) is 5.76 Å². The average molecular weight is 291 g/mol. The highest BCUT2D eigenvalue weighted by Crippen LogP contribution is 2.28. The Bertz CT molecular complexity index is 579. The zero-order valence-corrected chi connectivity index (χ0v) is 12.2. The summed E-state index contributed by atoms with van der Waals surface area (Å²) in [6.07, 6.45) is 4.68. The summed E-state index contributed by atoms with van der Waals surface area (Å²) in [6, 6.07) is 1.75. The van der Waals surface area contributed by atoms with Gasteiger partial charge in [-0.3, -0.25) is 4.79 Å². The van der Waals surface area contributed by atoms with Crippen molar-refractivity contribution in [3.63, 3.8) is 0 Å². The van der Waals surface area contributed by atoms with Crippen LogP contribution in [0.3, 0.4) is 0 Å². The van der Waals surface area contributed by atoms with Crippen molar-refractivity contribution in [3.05, 3.63) is 34.1 Å². The molecule has 0 radical (unpaired) electrons. The van der Waals surface area contributed by atoms with Crippen LogP contribution < -0.4 is 0 Å². The van der Waals surface area contributed by atoms with E-state index in [-0.39, 0.29) is 5.91 Å². The van der Waals surface area contributed by atoms with Crippen molar-refractivity contribution in [1.82, 2.24) is 15.0 Å². The Kier molecular flexibility index (Phi) is 3.82. The molecule has 106 valence electrons. The first kappa shape index (κ1) is 13.3. The lowest BCUT2D eigenvalue weighted by Gasteiger charge is -2.31. The van der Waals surface area contributed by atoms with Crippen molar-refractivity contribution in [2.45, 2.75) is 32.1 Å². The molecule has 2 aromatic rings. The van der Waals surface area contributed by atoms with Crippen LogP contribution in [0.25, 0.3) is 0 Å². The standard InChI is InChI=1S/C14H17N3O2S/c1-2-11-8-12(16-19-11)14(18)17-6-3-4-10(9-17)13-15-5-7-20-13/h5,7-8,10H,2-4,6,9H2,1H3. The van der Waals surface area contributed by atoms with E-state index in [1.807, 2.05) is 23.4 Å². The molecular weight excluding hydrogens is 274 g/mol. The molecule has 2 aromatic heterocycles. The van der Waals surface area contributed by atoms with Crippen molar-refractivity contribution in [2.24, 2.45) is 0 Å². The van der Waals surface area contributed by atoms with Gasteiger partial charge in [-0.1, -0.05) is 12.1 Å². The van der Waals surface area contributed by atoms with Crippen molar-refractivity contribution in [3.8, 4) is 0 Å². The predicted molar refractivity (Wildman–Crippen MR) is 75.9 cm³/mol. The zero-order valence-electron chi connectivity index (χ0n) is 11.4. The second kappa shape index (κ2) is 5.75. The molecule has 1 aliphatic rings. The molecule has 5 nitrogen and oxygen atoms in total. The van der Waals surface area contributed by atoms with Crippen LogP contribution in [0.2, 0.25) is 0 Å². The van der Waals surface area contributed by atoms with E-state index >= 15 is 0 Å². The molecule has 1 amide bonds. The highest BCUT2D eigenvalue weighted by Gasteiger charge is 2.28. The molecule has 0 bridgehead atoms. The smallest absolute Gasteiger partial charge is 0.276 e. The van der Waals surface area contributed by atoms with Gasteiger partial charge in [-0.2, -0.15) is 0 Å². The Hall–Kier alpha value is -1.69. The molecule has 1 saturated heterocycles. The highest BCUT2D eigenvalue weighted by molar-refractivity contribution is 7.09. The number of rotatable bonds is 3. The van der Waals surface area contributed by atoms with E-state index in [0.29, 0.717) is 11.6 Å². The van der Waals surface area contributed by atoms with Crippen molar-refractivity contribution >= 4 is 17.2 Å². The lowest BCUT2D eigenvalue weighted by atomic mass is 9.98. The van der Waals surface area contributed by atoms with Gasteiger partial charge in [-0.25, -0.2) is 4.98 Å². The number of hydrogen-bond donors (Lipinski definition) is 0. The van der Waals surface area contributed by atoms with Gasteiger partial charge in [0.2, 0.25) is 0 Å². The fraction of sp³-hybridized carbons (Fsp3) is 0.500. The van der Waals surface area contributed by atoms with Crippen LogP contribution in [0, 0.1) is 0 Å². The molecule has 20 heavy (non-hydrogen) atoms. The van der Waals surface area contributed by atoms with Crippen LogP contribution in [0.4, 0.5) is 0 Å². The van der Waals surface area contributed by atoms with E-state index in [2.05, 4.69) is 10.1 Å². The van der Waals surface area contributed by atoms with E-state index < -0.39 is 0 Å². The molecule has 1 atom stereocenters. The largest absolute Gasteiger partial charge is 0.361 e. The number of piperidine rings is 1.